The molecule has 1 heterocycles. The van der Waals surface area contributed by atoms with Crippen LogP contribution in [-0.2, 0) is 6.61 Å². The number of anilines is 1. The summed E-state index contributed by atoms with van der Waals surface area (Å²) in [5.41, 5.74) is 3.25. The monoisotopic (exact) mass is 433 g/mol. The quantitative estimate of drug-likeness (QED) is 0.527. The minimum absolute atomic E-state index is 0.153. The van der Waals surface area contributed by atoms with Crippen LogP contribution in [0.3, 0.4) is 0 Å². The molecular weight excluding hydrogens is 417 g/mol. The number of thiophene rings is 1. The standard InChI is InChI=1S/C20H17BrFNO2S/c1-12-3-4-13(2)18(7-12)25-10-14-8-19(26-11-14)20(24)23-17-6-5-15(21)9-16(17)22/h3-9,11H,10H2,1-2H3,(H,23,24). The number of ether oxygens (including phenoxy) is 1. The lowest BCUT2D eigenvalue weighted by Gasteiger charge is -2.09. The fourth-order valence-corrected chi connectivity index (χ4v) is 3.49. The van der Waals surface area contributed by atoms with Crippen LogP contribution in [0.5, 0.6) is 5.75 Å². The first kappa shape index (κ1) is 18.6. The maximum absolute atomic E-state index is 13.8. The molecule has 6 heteroatoms. The van der Waals surface area contributed by atoms with Crippen molar-refractivity contribution in [3.63, 3.8) is 0 Å². The number of hydrogen-bond acceptors (Lipinski definition) is 3. The van der Waals surface area contributed by atoms with Gasteiger partial charge in [-0.25, -0.2) is 4.39 Å². The molecule has 0 saturated heterocycles. The van der Waals surface area contributed by atoms with Gasteiger partial charge in [0.05, 0.1) is 10.6 Å². The number of aryl methyl sites for hydroxylation is 2. The van der Waals surface area contributed by atoms with Gasteiger partial charge in [0.2, 0.25) is 0 Å². The molecule has 1 amide bonds. The van der Waals surface area contributed by atoms with Crippen LogP contribution >= 0.6 is 27.3 Å². The van der Waals surface area contributed by atoms with Crippen LogP contribution in [0.4, 0.5) is 10.1 Å². The first-order valence-corrected chi connectivity index (χ1v) is 9.63. The SMILES string of the molecule is Cc1ccc(C)c(OCc2csc(C(=O)Nc3ccc(Br)cc3F)c2)c1. The van der Waals surface area contributed by atoms with Crippen LogP contribution in [-0.4, -0.2) is 5.91 Å². The lowest BCUT2D eigenvalue weighted by Crippen LogP contribution is -2.11. The van der Waals surface area contributed by atoms with Crippen LogP contribution < -0.4 is 10.1 Å². The third-order valence-electron chi connectivity index (χ3n) is 3.79. The van der Waals surface area contributed by atoms with Crippen LogP contribution in [0.2, 0.25) is 0 Å². The Morgan fingerprint density at radius 2 is 2.00 bits per heavy atom. The molecule has 0 fully saturated rings. The highest BCUT2D eigenvalue weighted by molar-refractivity contribution is 9.10. The number of amides is 1. The van der Waals surface area contributed by atoms with Gasteiger partial charge in [-0.2, -0.15) is 0 Å². The zero-order valence-electron chi connectivity index (χ0n) is 14.3. The van der Waals surface area contributed by atoms with E-state index in [2.05, 4.69) is 21.2 Å². The highest BCUT2D eigenvalue weighted by Gasteiger charge is 2.12. The molecule has 0 bridgehead atoms. The summed E-state index contributed by atoms with van der Waals surface area (Å²) in [6.07, 6.45) is 0. The average Bonchev–Trinajstić information content (AvgIpc) is 3.07. The van der Waals surface area contributed by atoms with Gasteiger partial charge in [-0.15, -0.1) is 11.3 Å². The van der Waals surface area contributed by atoms with Gasteiger partial charge in [0, 0.05) is 10.0 Å². The van der Waals surface area contributed by atoms with Crippen LogP contribution in [0.1, 0.15) is 26.4 Å². The Hall–Kier alpha value is -2.18. The predicted octanol–water partition coefficient (Wildman–Crippen LogP) is 6.10. The number of hydrogen-bond donors (Lipinski definition) is 1. The minimum atomic E-state index is -0.484. The molecule has 0 radical (unpaired) electrons. The molecule has 3 rings (SSSR count). The first-order chi connectivity index (χ1) is 12.4. The lowest BCUT2D eigenvalue weighted by atomic mass is 10.1. The second-order valence-electron chi connectivity index (χ2n) is 5.96. The van der Waals surface area contributed by atoms with Gasteiger partial charge in [0.1, 0.15) is 18.2 Å². The molecule has 0 aliphatic carbocycles. The van der Waals surface area contributed by atoms with E-state index in [0.29, 0.717) is 16.0 Å². The van der Waals surface area contributed by atoms with Crippen LogP contribution in [0.15, 0.2) is 52.3 Å². The van der Waals surface area contributed by atoms with Crippen molar-refractivity contribution in [1.82, 2.24) is 0 Å². The van der Waals surface area contributed by atoms with Gasteiger partial charge in [-0.1, -0.05) is 28.1 Å². The topological polar surface area (TPSA) is 38.3 Å². The van der Waals surface area contributed by atoms with E-state index in [1.165, 1.54) is 23.5 Å². The number of benzene rings is 2. The van der Waals surface area contributed by atoms with E-state index in [1.54, 1.807) is 12.1 Å². The Labute approximate surface area is 164 Å². The molecule has 3 nitrogen and oxygen atoms in total. The van der Waals surface area contributed by atoms with Crippen molar-refractivity contribution in [2.24, 2.45) is 0 Å². The maximum Gasteiger partial charge on any atom is 0.265 e. The lowest BCUT2D eigenvalue weighted by molar-refractivity contribution is 0.103. The fourth-order valence-electron chi connectivity index (χ4n) is 2.37. The molecule has 0 spiro atoms. The van der Waals surface area contributed by atoms with E-state index in [9.17, 15) is 9.18 Å². The highest BCUT2D eigenvalue weighted by Crippen LogP contribution is 2.24. The Kier molecular flexibility index (Phi) is 5.74. The van der Waals surface area contributed by atoms with Crippen LogP contribution in [0, 0.1) is 19.7 Å². The highest BCUT2D eigenvalue weighted by atomic mass is 79.9. The van der Waals surface area contributed by atoms with E-state index in [4.69, 9.17) is 4.74 Å². The summed E-state index contributed by atoms with van der Waals surface area (Å²) < 4.78 is 20.3. The van der Waals surface area contributed by atoms with Gasteiger partial charge in [-0.05, 0) is 60.7 Å². The number of halogens is 2. The predicted molar refractivity (Wildman–Crippen MR) is 107 cm³/mol. The zero-order valence-corrected chi connectivity index (χ0v) is 16.7. The molecule has 1 aromatic heterocycles. The van der Waals surface area contributed by atoms with Crippen LogP contribution in [0.25, 0.3) is 0 Å². The van der Waals surface area contributed by atoms with E-state index < -0.39 is 5.82 Å². The summed E-state index contributed by atoms with van der Waals surface area (Å²) in [6.45, 7) is 4.38. The maximum atomic E-state index is 13.8. The van der Waals surface area contributed by atoms with Crippen molar-refractivity contribution < 1.29 is 13.9 Å². The summed E-state index contributed by atoms with van der Waals surface area (Å²) >= 11 is 4.50. The van der Waals surface area contributed by atoms with E-state index >= 15 is 0 Å². The summed E-state index contributed by atoms with van der Waals surface area (Å²) in [5, 5.41) is 4.47. The van der Waals surface area contributed by atoms with E-state index in [0.717, 1.165) is 22.4 Å². The molecule has 26 heavy (non-hydrogen) atoms. The van der Waals surface area contributed by atoms with Crippen molar-refractivity contribution in [2.45, 2.75) is 20.5 Å². The summed E-state index contributed by atoms with van der Waals surface area (Å²) in [7, 11) is 0. The molecule has 0 aliphatic heterocycles. The fraction of sp³-hybridized carbons (Fsp3) is 0.150. The molecule has 2 aromatic carbocycles. The zero-order chi connectivity index (χ0) is 18.7. The Morgan fingerprint density at radius 1 is 1.19 bits per heavy atom. The molecule has 0 unspecified atom stereocenters. The average molecular weight is 434 g/mol. The van der Waals surface area contributed by atoms with Gasteiger partial charge < -0.3 is 10.1 Å². The smallest absolute Gasteiger partial charge is 0.265 e. The molecule has 0 saturated carbocycles. The Balaban J connectivity index is 1.65. The number of carbonyl (C=O) groups is 1. The number of nitrogens with one attached hydrogen (secondary N) is 1. The second kappa shape index (κ2) is 8.01. The Morgan fingerprint density at radius 3 is 2.77 bits per heavy atom. The molecule has 134 valence electrons. The molecular formula is C20H17BrFNO2S. The van der Waals surface area contributed by atoms with Gasteiger partial charge >= 0.3 is 0 Å². The number of rotatable bonds is 5. The largest absolute Gasteiger partial charge is 0.489 e. The van der Waals surface area contributed by atoms with Crippen molar-refractivity contribution in [3.8, 4) is 5.75 Å². The van der Waals surface area contributed by atoms with Gasteiger partial charge in [-0.3, -0.25) is 4.79 Å². The van der Waals surface area contributed by atoms with Crippen molar-refractivity contribution >= 4 is 38.9 Å². The van der Waals surface area contributed by atoms with Gasteiger partial charge in [0.25, 0.3) is 5.91 Å². The van der Waals surface area contributed by atoms with E-state index in [-0.39, 0.29) is 11.6 Å². The van der Waals surface area contributed by atoms with E-state index in [1.807, 2.05) is 37.4 Å². The normalized spacial score (nSPS) is 10.6. The summed E-state index contributed by atoms with van der Waals surface area (Å²) in [6, 6.07) is 12.3. The minimum Gasteiger partial charge on any atom is -0.489 e. The summed E-state index contributed by atoms with van der Waals surface area (Å²) in [5.74, 6) is 0.0103. The van der Waals surface area contributed by atoms with Gasteiger partial charge in [0.15, 0.2) is 0 Å². The third-order valence-corrected chi connectivity index (χ3v) is 5.27. The molecule has 3 aromatic rings. The van der Waals surface area contributed by atoms with Crippen molar-refractivity contribution in [1.29, 1.82) is 0 Å². The first-order valence-electron chi connectivity index (χ1n) is 7.96. The van der Waals surface area contributed by atoms with Crippen molar-refractivity contribution in [3.05, 3.63) is 79.7 Å². The third kappa shape index (κ3) is 4.51. The molecule has 0 atom stereocenters. The molecule has 0 aliphatic rings. The summed E-state index contributed by atoms with van der Waals surface area (Å²) in [4.78, 5) is 12.8. The number of carbonyl (C=O) groups excluding carboxylic acids is 1. The second-order valence-corrected chi connectivity index (χ2v) is 7.78. The van der Waals surface area contributed by atoms with Crippen molar-refractivity contribution in [2.75, 3.05) is 5.32 Å². The Bertz CT molecular complexity index is 955. The molecule has 1 N–H and O–H groups in total.